The van der Waals surface area contributed by atoms with Crippen molar-refractivity contribution in [3.63, 3.8) is 0 Å². The molecule has 132 valence electrons. The molecule has 1 saturated heterocycles. The average molecular weight is 380 g/mol. The fraction of sp³-hybridized carbons (Fsp3) is 0.273. The molecule has 0 aromatic heterocycles. The molecule has 0 N–H and O–H groups in total. The van der Waals surface area contributed by atoms with E-state index in [-0.39, 0.29) is 5.91 Å². The number of carbonyl (C=O) groups excluding carboxylic acids is 1. The third-order valence-electron chi connectivity index (χ3n) is 5.11. The van der Waals surface area contributed by atoms with E-state index in [0.29, 0.717) is 10.4 Å². The Hall–Kier alpha value is -1.91. The van der Waals surface area contributed by atoms with Gasteiger partial charge in [0.15, 0.2) is 0 Å². The maximum absolute atomic E-state index is 12.8. The number of nitrogens with zero attached hydrogens (tertiary/aromatic N) is 1. The van der Waals surface area contributed by atoms with E-state index in [0.717, 1.165) is 23.3 Å². The first-order valence-corrected chi connectivity index (χ1v) is 10.3. The van der Waals surface area contributed by atoms with Crippen LogP contribution >= 0.6 is 24.0 Å². The summed E-state index contributed by atoms with van der Waals surface area (Å²) in [6.45, 7) is 2.09. The molecular weight excluding hydrogens is 358 g/mol. The first-order chi connectivity index (χ1) is 12.6. The van der Waals surface area contributed by atoms with Gasteiger partial charge in [0.05, 0.1) is 4.91 Å². The van der Waals surface area contributed by atoms with Gasteiger partial charge in [0, 0.05) is 6.04 Å². The minimum absolute atomic E-state index is 0.0783. The molecule has 0 unspecified atom stereocenters. The van der Waals surface area contributed by atoms with Crippen LogP contribution in [0, 0.1) is 6.92 Å². The SMILES string of the molecule is Cc1ccc(-c2ccc(/C=C3\SC(=S)N(C4CCCC4)C3=O)cc2)cc1. The molecule has 1 aliphatic heterocycles. The van der Waals surface area contributed by atoms with Crippen LogP contribution in [0.1, 0.15) is 36.8 Å². The maximum atomic E-state index is 12.8. The summed E-state index contributed by atoms with van der Waals surface area (Å²) in [7, 11) is 0. The van der Waals surface area contributed by atoms with E-state index in [2.05, 4.69) is 55.5 Å². The fourth-order valence-corrected chi connectivity index (χ4v) is 5.03. The Bertz CT molecular complexity index is 862. The highest BCUT2D eigenvalue weighted by molar-refractivity contribution is 8.26. The van der Waals surface area contributed by atoms with E-state index in [9.17, 15) is 4.79 Å². The second-order valence-corrected chi connectivity index (χ2v) is 8.65. The predicted octanol–water partition coefficient (Wildman–Crippen LogP) is 5.81. The van der Waals surface area contributed by atoms with Crippen molar-refractivity contribution >= 4 is 40.3 Å². The summed E-state index contributed by atoms with van der Waals surface area (Å²) in [5, 5.41) is 0. The van der Waals surface area contributed by atoms with E-state index in [1.165, 1.54) is 41.3 Å². The smallest absolute Gasteiger partial charge is 0.266 e. The lowest BCUT2D eigenvalue weighted by Crippen LogP contribution is -2.36. The number of aryl methyl sites for hydroxylation is 1. The van der Waals surface area contributed by atoms with Crippen LogP contribution in [0.15, 0.2) is 53.4 Å². The van der Waals surface area contributed by atoms with Gasteiger partial charge in [0.2, 0.25) is 0 Å². The van der Waals surface area contributed by atoms with Gasteiger partial charge in [-0.05, 0) is 42.5 Å². The minimum atomic E-state index is 0.0783. The molecule has 0 bridgehead atoms. The Morgan fingerprint density at radius 3 is 2.19 bits per heavy atom. The number of thiocarbonyl (C=S) groups is 1. The summed E-state index contributed by atoms with van der Waals surface area (Å²) < 4.78 is 0.712. The Morgan fingerprint density at radius 2 is 1.58 bits per heavy atom. The van der Waals surface area contributed by atoms with Crippen LogP contribution in [0.2, 0.25) is 0 Å². The molecular formula is C22H21NOS2. The van der Waals surface area contributed by atoms with Crippen molar-refractivity contribution in [1.29, 1.82) is 0 Å². The van der Waals surface area contributed by atoms with Gasteiger partial charge in [-0.1, -0.05) is 90.9 Å². The molecule has 2 aromatic rings. The summed E-state index contributed by atoms with van der Waals surface area (Å²) >= 11 is 6.90. The second-order valence-electron chi connectivity index (χ2n) is 6.98. The van der Waals surface area contributed by atoms with Crippen molar-refractivity contribution in [1.82, 2.24) is 4.90 Å². The van der Waals surface area contributed by atoms with Crippen LogP contribution in [0.4, 0.5) is 0 Å². The van der Waals surface area contributed by atoms with E-state index < -0.39 is 0 Å². The highest BCUT2D eigenvalue weighted by Crippen LogP contribution is 2.37. The van der Waals surface area contributed by atoms with E-state index in [1.54, 1.807) is 0 Å². The Labute approximate surface area is 164 Å². The molecule has 2 aromatic carbocycles. The van der Waals surface area contributed by atoms with Crippen molar-refractivity contribution in [2.24, 2.45) is 0 Å². The van der Waals surface area contributed by atoms with Gasteiger partial charge in [-0.2, -0.15) is 0 Å². The number of carbonyl (C=O) groups is 1. The zero-order chi connectivity index (χ0) is 18.1. The highest BCUT2D eigenvalue weighted by Gasteiger charge is 2.37. The zero-order valence-corrected chi connectivity index (χ0v) is 16.4. The molecule has 4 heteroatoms. The third kappa shape index (κ3) is 3.49. The molecule has 0 spiro atoms. The van der Waals surface area contributed by atoms with Crippen molar-refractivity contribution in [2.45, 2.75) is 38.6 Å². The zero-order valence-electron chi connectivity index (χ0n) is 14.8. The normalized spacial score (nSPS) is 19.7. The van der Waals surface area contributed by atoms with Crippen LogP contribution in [0.5, 0.6) is 0 Å². The topological polar surface area (TPSA) is 20.3 Å². The average Bonchev–Trinajstić information content (AvgIpc) is 3.25. The molecule has 0 atom stereocenters. The number of hydrogen-bond donors (Lipinski definition) is 0. The van der Waals surface area contributed by atoms with Gasteiger partial charge in [-0.3, -0.25) is 9.69 Å². The van der Waals surface area contributed by atoms with Crippen molar-refractivity contribution < 1.29 is 4.79 Å². The minimum Gasteiger partial charge on any atom is -0.290 e. The molecule has 1 saturated carbocycles. The van der Waals surface area contributed by atoms with Crippen LogP contribution < -0.4 is 0 Å². The lowest BCUT2D eigenvalue weighted by atomic mass is 10.0. The van der Waals surface area contributed by atoms with Gasteiger partial charge < -0.3 is 0 Å². The molecule has 1 amide bonds. The standard InChI is InChI=1S/C22H21NOS2/c1-15-6-10-17(11-7-15)18-12-8-16(9-13-18)14-20-21(24)23(22(25)26-20)19-4-2-3-5-19/h6-14,19H,2-5H2,1H3/b20-14-. The third-order valence-corrected chi connectivity index (χ3v) is 6.44. The first-order valence-electron chi connectivity index (χ1n) is 9.06. The van der Waals surface area contributed by atoms with Crippen LogP contribution in [-0.4, -0.2) is 21.2 Å². The number of thioether (sulfide) groups is 1. The van der Waals surface area contributed by atoms with Crippen LogP contribution in [-0.2, 0) is 4.79 Å². The number of hydrogen-bond acceptors (Lipinski definition) is 3. The van der Waals surface area contributed by atoms with Crippen LogP contribution in [0.3, 0.4) is 0 Å². The molecule has 26 heavy (non-hydrogen) atoms. The van der Waals surface area contributed by atoms with E-state index in [1.807, 2.05) is 11.0 Å². The van der Waals surface area contributed by atoms with Crippen LogP contribution in [0.25, 0.3) is 17.2 Å². The monoisotopic (exact) mass is 379 g/mol. The van der Waals surface area contributed by atoms with Crippen molar-refractivity contribution in [2.75, 3.05) is 0 Å². The number of amides is 1. The molecule has 2 nitrogen and oxygen atoms in total. The molecule has 2 fully saturated rings. The Balaban J connectivity index is 1.54. The second kappa shape index (κ2) is 7.37. The quantitative estimate of drug-likeness (QED) is 0.496. The number of rotatable bonds is 3. The van der Waals surface area contributed by atoms with Gasteiger partial charge in [-0.15, -0.1) is 0 Å². The number of benzene rings is 2. The maximum Gasteiger partial charge on any atom is 0.266 e. The predicted molar refractivity (Wildman–Crippen MR) is 114 cm³/mol. The fourth-order valence-electron chi connectivity index (χ4n) is 3.63. The molecule has 0 radical (unpaired) electrons. The van der Waals surface area contributed by atoms with Gasteiger partial charge >= 0.3 is 0 Å². The van der Waals surface area contributed by atoms with Crippen molar-refractivity contribution in [3.05, 3.63) is 64.6 Å². The molecule has 1 heterocycles. The van der Waals surface area contributed by atoms with Gasteiger partial charge in [0.1, 0.15) is 4.32 Å². The van der Waals surface area contributed by atoms with E-state index >= 15 is 0 Å². The van der Waals surface area contributed by atoms with Crippen molar-refractivity contribution in [3.8, 4) is 11.1 Å². The summed E-state index contributed by atoms with van der Waals surface area (Å²) in [6.07, 6.45) is 6.51. The summed E-state index contributed by atoms with van der Waals surface area (Å²) in [6, 6.07) is 17.2. The molecule has 4 rings (SSSR count). The lowest BCUT2D eigenvalue weighted by molar-refractivity contribution is -0.123. The highest BCUT2D eigenvalue weighted by atomic mass is 32.2. The Morgan fingerprint density at radius 1 is 1.00 bits per heavy atom. The summed E-state index contributed by atoms with van der Waals surface area (Å²) in [4.78, 5) is 15.4. The Kier molecular flexibility index (Phi) is 4.96. The summed E-state index contributed by atoms with van der Waals surface area (Å²) in [5.74, 6) is 0.0783. The lowest BCUT2D eigenvalue weighted by Gasteiger charge is -2.21. The summed E-state index contributed by atoms with van der Waals surface area (Å²) in [5.41, 5.74) is 4.68. The first kappa shape index (κ1) is 17.5. The van der Waals surface area contributed by atoms with E-state index in [4.69, 9.17) is 12.2 Å². The van der Waals surface area contributed by atoms with Gasteiger partial charge in [0.25, 0.3) is 5.91 Å². The molecule has 2 aliphatic rings. The largest absolute Gasteiger partial charge is 0.290 e. The molecule has 1 aliphatic carbocycles. The van der Waals surface area contributed by atoms with Gasteiger partial charge in [-0.25, -0.2) is 0 Å².